The smallest absolute Gasteiger partial charge is 0.0562 e. The highest BCUT2D eigenvalue weighted by molar-refractivity contribution is 7.25. The first-order valence-electron chi connectivity index (χ1n) is 39.7. The maximum absolute atomic E-state index is 2.49. The quantitative estimate of drug-likeness (QED) is 0.168. The van der Waals surface area contributed by atoms with Gasteiger partial charge in [0.05, 0.1) is 55.2 Å². The van der Waals surface area contributed by atoms with Gasteiger partial charge in [-0.25, -0.2) is 0 Å². The Kier molecular flexibility index (Phi) is 16.9. The van der Waals surface area contributed by atoms with Gasteiger partial charge in [-0.2, -0.15) is 0 Å². The van der Waals surface area contributed by atoms with Crippen LogP contribution in [-0.4, -0.2) is 27.4 Å². The van der Waals surface area contributed by atoms with E-state index in [1.165, 1.54) is 185 Å². The van der Waals surface area contributed by atoms with Crippen molar-refractivity contribution < 1.29 is 0 Å². The van der Waals surface area contributed by atoms with Gasteiger partial charge in [0.25, 0.3) is 0 Å². The molecule has 15 aromatic carbocycles. The minimum atomic E-state index is -0.0153. The topological polar surface area (TPSA) is 29.6 Å². The second-order valence-electron chi connectivity index (χ2n) is 34.5. The molecule has 0 N–H and O–H groups in total. The maximum atomic E-state index is 2.49. The van der Waals surface area contributed by atoms with Crippen molar-refractivity contribution in [1.29, 1.82) is 0 Å². The van der Waals surface area contributed by atoms with Crippen LogP contribution in [0.4, 0.5) is 0 Å². The van der Waals surface area contributed by atoms with Gasteiger partial charge in [0, 0.05) is 130 Å². The molecule has 7 aromatic heterocycles. The van der Waals surface area contributed by atoms with Gasteiger partial charge in [-0.05, 0) is 197 Å². The highest BCUT2D eigenvalue weighted by Crippen LogP contribution is 2.45. The lowest BCUT2D eigenvalue weighted by atomic mass is 9.87. The predicted octanol–water partition coefficient (Wildman–Crippen LogP) is 29.8. The largest absolute Gasteiger partial charge is 0.335 e. The molecular weight excluding hydrogens is 1390 g/mol. The molecule has 0 bridgehead atoms. The third-order valence-electron chi connectivity index (χ3n) is 23.1. The summed E-state index contributed by atoms with van der Waals surface area (Å²) in [5.41, 5.74) is 23.0. The van der Waals surface area contributed by atoms with Crippen molar-refractivity contribution in [2.24, 2.45) is 0 Å². The maximum Gasteiger partial charge on any atom is 0.0562 e. The normalized spacial score (nSPS) is 12.4. The monoisotopic (exact) mass is 1480 g/mol. The SMILES string of the molecule is CC(C)(C)c1ccc(-n2c3ccccc3c3cc(-n4c5ccccc5c5ccccc54)ccc32)cc1.CC(C)(C)c1ccc(-n2c3ccccc3c3ccccc32)cc1.CC(C)(C)n1c2ccccc2c2cc3c(cc21)sc1ccccc13.CC(C)(C)n1c2ccccc2c2cc3c4ccccc4n(-c4ccccc4)c3cc21. The minimum absolute atomic E-state index is 0.0153. The molecule has 0 aliphatic carbocycles. The van der Waals surface area contributed by atoms with Crippen molar-refractivity contribution in [2.45, 2.75) is 105 Å². The molecule has 0 aliphatic rings. The second kappa shape index (κ2) is 27.1. The number of aromatic nitrogens is 6. The van der Waals surface area contributed by atoms with Crippen molar-refractivity contribution in [3.8, 4) is 22.7 Å². The van der Waals surface area contributed by atoms with E-state index in [0.717, 1.165) is 0 Å². The Morgan fingerprint density at radius 2 is 0.451 bits per heavy atom. The second-order valence-corrected chi connectivity index (χ2v) is 35.6. The molecular formula is C106H92N6S. The van der Waals surface area contributed by atoms with Gasteiger partial charge in [-0.3, -0.25) is 0 Å². The van der Waals surface area contributed by atoms with Crippen LogP contribution in [0.3, 0.4) is 0 Å². The molecule has 552 valence electrons. The third kappa shape index (κ3) is 12.1. The third-order valence-corrected chi connectivity index (χ3v) is 24.2. The Bertz CT molecular complexity index is 7330. The van der Waals surface area contributed by atoms with Crippen LogP contribution in [-0.2, 0) is 21.9 Å². The van der Waals surface area contributed by atoms with E-state index in [0.29, 0.717) is 0 Å². The average molecular weight is 1480 g/mol. The molecule has 22 aromatic rings. The molecule has 0 amide bonds. The Balaban J connectivity index is 0.000000103. The number of hydrogen-bond acceptors (Lipinski definition) is 1. The highest BCUT2D eigenvalue weighted by atomic mass is 32.1. The van der Waals surface area contributed by atoms with Gasteiger partial charge < -0.3 is 27.4 Å². The lowest BCUT2D eigenvalue weighted by Gasteiger charge is -2.24. The number of thiophene rings is 1. The van der Waals surface area contributed by atoms with E-state index in [-0.39, 0.29) is 21.9 Å². The molecule has 0 aliphatic heterocycles. The summed E-state index contributed by atoms with van der Waals surface area (Å²) in [6, 6.07) is 124. The fourth-order valence-corrected chi connectivity index (χ4v) is 19.0. The molecule has 0 fully saturated rings. The van der Waals surface area contributed by atoms with Crippen LogP contribution in [0.2, 0.25) is 0 Å². The molecule has 0 radical (unpaired) electrons. The van der Waals surface area contributed by atoms with E-state index < -0.39 is 0 Å². The van der Waals surface area contributed by atoms with Crippen LogP contribution in [0.15, 0.2) is 340 Å². The standard InChI is InChI=1S/C34H28N2.C28H24N2.C22H19NS.C22H21N/c1-34(2,3)23-16-18-24(19-17-23)35-32-15-9-6-12-28(32)29-22-25(20-21-33(29)35)36-30-13-7-4-10-26(30)27-11-5-8-14-31(27)36;1-28(2,3)30-25-16-10-8-14-21(25)23-17-22-20-13-7-9-15-24(20)29(26(22)18-27(23)30)19-11-5-4-6-12-19;1-22(2,3)23-18-10-6-4-8-14(18)16-12-17-15-9-5-7-11-20(15)24-21(17)13-19(16)23;1-22(2,3)16-12-14-17(15-13-16)23-20-10-6-4-8-18(20)19-9-5-7-11-21(19)23/h4-22H,1-3H3;4-18H,1-3H3;4-13H,1-3H3;4-15H,1-3H3. The average Bonchev–Trinajstić information content (AvgIpc) is 1.56. The van der Waals surface area contributed by atoms with Gasteiger partial charge in [-0.15, -0.1) is 11.3 Å². The lowest BCUT2D eigenvalue weighted by Crippen LogP contribution is -2.21. The molecule has 0 saturated carbocycles. The van der Waals surface area contributed by atoms with Crippen molar-refractivity contribution in [3.05, 3.63) is 351 Å². The van der Waals surface area contributed by atoms with Gasteiger partial charge in [0.15, 0.2) is 0 Å². The summed E-state index contributed by atoms with van der Waals surface area (Å²) in [6.07, 6.45) is 0. The summed E-state index contributed by atoms with van der Waals surface area (Å²) in [4.78, 5) is 0. The predicted molar refractivity (Wildman–Crippen MR) is 489 cm³/mol. The molecule has 0 spiro atoms. The fraction of sp³-hybridized carbons (Fsp3) is 0.151. The van der Waals surface area contributed by atoms with E-state index in [1.807, 2.05) is 11.3 Å². The molecule has 22 rings (SSSR count). The first-order chi connectivity index (χ1) is 54.6. The summed E-state index contributed by atoms with van der Waals surface area (Å²) in [6.45, 7) is 27.3. The summed E-state index contributed by atoms with van der Waals surface area (Å²) in [5.74, 6) is 0. The van der Waals surface area contributed by atoms with Crippen LogP contribution < -0.4 is 0 Å². The molecule has 0 saturated heterocycles. The Hall–Kier alpha value is -12.7. The Morgan fingerprint density at radius 3 is 0.850 bits per heavy atom. The van der Waals surface area contributed by atoms with Gasteiger partial charge in [0.1, 0.15) is 0 Å². The number of benzene rings is 15. The zero-order valence-electron chi connectivity index (χ0n) is 66.4. The lowest BCUT2D eigenvalue weighted by molar-refractivity contribution is 0.423. The number of nitrogens with zero attached hydrogens (tertiary/aromatic N) is 6. The van der Waals surface area contributed by atoms with Gasteiger partial charge in [-0.1, -0.05) is 248 Å². The van der Waals surface area contributed by atoms with E-state index in [2.05, 4.69) is 450 Å². The van der Waals surface area contributed by atoms with Crippen LogP contribution >= 0.6 is 11.3 Å². The first kappa shape index (κ1) is 70.7. The molecule has 0 atom stereocenters. The van der Waals surface area contributed by atoms with Gasteiger partial charge in [0.2, 0.25) is 0 Å². The minimum Gasteiger partial charge on any atom is -0.335 e. The van der Waals surface area contributed by atoms with Gasteiger partial charge >= 0.3 is 0 Å². The molecule has 0 unspecified atom stereocenters. The number of para-hydroxylation sites is 9. The van der Waals surface area contributed by atoms with Crippen LogP contribution in [0.5, 0.6) is 0 Å². The summed E-state index contributed by atoms with van der Waals surface area (Å²) in [7, 11) is 0. The molecule has 6 nitrogen and oxygen atoms in total. The van der Waals surface area contributed by atoms with Crippen LogP contribution in [0.25, 0.3) is 174 Å². The Labute approximate surface area is 663 Å². The Morgan fingerprint density at radius 1 is 0.177 bits per heavy atom. The van der Waals surface area contributed by atoms with E-state index >= 15 is 0 Å². The fourth-order valence-electron chi connectivity index (χ4n) is 17.9. The first-order valence-corrected chi connectivity index (χ1v) is 40.5. The number of fused-ring (bicyclic) bond motifs is 21. The van der Waals surface area contributed by atoms with Crippen molar-refractivity contribution in [2.75, 3.05) is 0 Å². The van der Waals surface area contributed by atoms with E-state index in [4.69, 9.17) is 0 Å². The van der Waals surface area contributed by atoms with E-state index in [9.17, 15) is 0 Å². The zero-order valence-corrected chi connectivity index (χ0v) is 67.2. The van der Waals surface area contributed by atoms with Crippen LogP contribution in [0.1, 0.15) is 94.2 Å². The highest BCUT2D eigenvalue weighted by Gasteiger charge is 2.26. The number of rotatable bonds is 4. The zero-order chi connectivity index (χ0) is 77.4. The molecule has 7 heterocycles. The molecule has 7 heteroatoms. The molecule has 113 heavy (non-hydrogen) atoms. The van der Waals surface area contributed by atoms with Crippen molar-refractivity contribution in [3.63, 3.8) is 0 Å². The van der Waals surface area contributed by atoms with Crippen molar-refractivity contribution in [1.82, 2.24) is 27.4 Å². The summed E-state index contributed by atoms with van der Waals surface area (Å²) >= 11 is 1.89. The number of hydrogen-bond donors (Lipinski definition) is 0. The van der Waals surface area contributed by atoms with Crippen molar-refractivity contribution >= 4 is 162 Å². The summed E-state index contributed by atoms with van der Waals surface area (Å²) in [5, 5.41) is 18.4. The summed E-state index contributed by atoms with van der Waals surface area (Å²) < 4.78 is 17.3. The van der Waals surface area contributed by atoms with E-state index in [1.54, 1.807) is 0 Å². The van der Waals surface area contributed by atoms with Crippen LogP contribution in [0, 0.1) is 0 Å².